The second kappa shape index (κ2) is 4.04. The van der Waals surface area contributed by atoms with Crippen LogP contribution in [0.3, 0.4) is 0 Å². The summed E-state index contributed by atoms with van der Waals surface area (Å²) in [5, 5.41) is 0. The number of carbonyl (C=O) groups excluding carboxylic acids is 2. The molecule has 3 saturated heterocycles. The van der Waals surface area contributed by atoms with Crippen LogP contribution in [-0.4, -0.2) is 42.6 Å². The fourth-order valence-corrected chi connectivity index (χ4v) is 5.59. The lowest BCUT2D eigenvalue weighted by Crippen LogP contribution is -2.49. The molecule has 2 saturated carbocycles. The van der Waals surface area contributed by atoms with E-state index in [0.29, 0.717) is 23.3 Å². The van der Waals surface area contributed by atoms with Crippen LogP contribution in [0.25, 0.3) is 0 Å². The molecule has 6 heteroatoms. The molecule has 22 heavy (non-hydrogen) atoms. The topological polar surface area (TPSA) is 71.1 Å². The van der Waals surface area contributed by atoms with Crippen molar-refractivity contribution in [3.8, 4) is 0 Å². The van der Waals surface area contributed by atoms with Gasteiger partial charge >= 0.3 is 12.1 Å². The Balaban J connectivity index is 1.39. The van der Waals surface area contributed by atoms with Crippen LogP contribution in [-0.2, 0) is 23.7 Å². The van der Waals surface area contributed by atoms with Crippen LogP contribution in [0.4, 0.5) is 4.79 Å². The summed E-state index contributed by atoms with van der Waals surface area (Å²) in [6.07, 6.45) is 0.809. The Morgan fingerprint density at radius 3 is 2.50 bits per heavy atom. The summed E-state index contributed by atoms with van der Waals surface area (Å²) in [5.41, 5.74) is 0.408. The predicted octanol–water partition coefficient (Wildman–Crippen LogP) is 1.43. The average molecular weight is 306 g/mol. The molecule has 0 amide bonds. The van der Waals surface area contributed by atoms with Crippen LogP contribution in [0.5, 0.6) is 0 Å². The molecule has 118 valence electrons. The summed E-state index contributed by atoms with van der Waals surface area (Å²) in [5.74, 6) is 0.967. The van der Waals surface area contributed by atoms with Gasteiger partial charge in [0.05, 0.1) is 12.2 Å². The van der Waals surface area contributed by atoms with E-state index in [1.54, 1.807) is 6.92 Å². The maximum atomic E-state index is 11.8. The van der Waals surface area contributed by atoms with E-state index in [1.165, 1.54) is 0 Å². The third kappa shape index (κ3) is 1.44. The summed E-state index contributed by atoms with van der Waals surface area (Å²) in [7, 11) is 0. The highest BCUT2D eigenvalue weighted by molar-refractivity contribution is 5.87. The van der Waals surface area contributed by atoms with Gasteiger partial charge < -0.3 is 18.9 Å². The first kappa shape index (κ1) is 12.9. The Bertz CT molecular complexity index is 585. The van der Waals surface area contributed by atoms with Crippen molar-refractivity contribution in [2.45, 2.75) is 50.3 Å². The van der Waals surface area contributed by atoms with Crippen LogP contribution in [0, 0.1) is 23.7 Å². The second-order valence-corrected chi connectivity index (χ2v) is 7.23. The zero-order chi connectivity index (χ0) is 15.2. The number of ether oxygens (including phenoxy) is 4. The summed E-state index contributed by atoms with van der Waals surface area (Å²) in [6, 6.07) is 0. The molecular weight excluding hydrogens is 288 g/mol. The summed E-state index contributed by atoms with van der Waals surface area (Å²) >= 11 is 0. The van der Waals surface area contributed by atoms with Gasteiger partial charge in [-0.2, -0.15) is 0 Å². The van der Waals surface area contributed by atoms with Crippen LogP contribution >= 0.6 is 0 Å². The van der Waals surface area contributed by atoms with Gasteiger partial charge in [-0.25, -0.2) is 9.59 Å². The first-order chi connectivity index (χ1) is 10.5. The van der Waals surface area contributed by atoms with Crippen LogP contribution in [0.1, 0.15) is 19.8 Å². The Morgan fingerprint density at radius 1 is 1.14 bits per heavy atom. The van der Waals surface area contributed by atoms with Crippen molar-refractivity contribution >= 4 is 12.1 Å². The minimum atomic E-state index is -0.539. The van der Waals surface area contributed by atoms with Gasteiger partial charge in [0.2, 0.25) is 0 Å². The number of hydrogen-bond donors (Lipinski definition) is 0. The molecule has 0 aromatic carbocycles. The lowest BCUT2D eigenvalue weighted by Gasteiger charge is -2.38. The first-order valence-electron chi connectivity index (χ1n) is 7.94. The van der Waals surface area contributed by atoms with E-state index in [4.69, 9.17) is 18.9 Å². The van der Waals surface area contributed by atoms with Crippen LogP contribution in [0.15, 0.2) is 12.2 Å². The van der Waals surface area contributed by atoms with Crippen molar-refractivity contribution in [1.29, 1.82) is 0 Å². The van der Waals surface area contributed by atoms with Gasteiger partial charge in [-0.15, -0.1) is 0 Å². The highest BCUT2D eigenvalue weighted by atomic mass is 16.8. The third-order valence-electron chi connectivity index (χ3n) is 6.19. The quantitative estimate of drug-likeness (QED) is 0.568. The Hall–Kier alpha value is -1.56. The van der Waals surface area contributed by atoms with E-state index in [0.717, 1.165) is 12.8 Å². The first-order valence-corrected chi connectivity index (χ1v) is 7.94. The van der Waals surface area contributed by atoms with E-state index >= 15 is 0 Å². The van der Waals surface area contributed by atoms with Gasteiger partial charge in [0.25, 0.3) is 0 Å². The molecule has 0 aromatic rings. The molecule has 0 aromatic heterocycles. The highest BCUT2D eigenvalue weighted by Crippen LogP contribution is 2.65. The molecular formula is C16H18O6. The van der Waals surface area contributed by atoms with Crippen molar-refractivity contribution in [3.63, 3.8) is 0 Å². The van der Waals surface area contributed by atoms with Gasteiger partial charge in [-0.05, 0) is 19.3 Å². The highest BCUT2D eigenvalue weighted by Gasteiger charge is 2.72. The van der Waals surface area contributed by atoms with E-state index in [1.807, 2.05) is 0 Å². The fourth-order valence-electron chi connectivity index (χ4n) is 5.59. The van der Waals surface area contributed by atoms with Gasteiger partial charge in [0, 0.05) is 29.7 Å². The molecule has 2 aliphatic carbocycles. The minimum Gasteiger partial charge on any atom is -0.456 e. The van der Waals surface area contributed by atoms with Crippen LogP contribution in [0.2, 0.25) is 0 Å². The zero-order valence-electron chi connectivity index (χ0n) is 12.3. The van der Waals surface area contributed by atoms with Crippen molar-refractivity contribution in [3.05, 3.63) is 12.2 Å². The maximum Gasteiger partial charge on any atom is 0.509 e. The summed E-state index contributed by atoms with van der Waals surface area (Å²) in [6.45, 7) is 5.28. The number of esters is 1. The molecule has 9 atom stereocenters. The predicted molar refractivity (Wildman–Crippen MR) is 71.7 cm³/mol. The lowest BCUT2D eigenvalue weighted by molar-refractivity contribution is -0.149. The molecule has 5 rings (SSSR count). The average Bonchev–Trinajstić information content (AvgIpc) is 3.17. The van der Waals surface area contributed by atoms with Crippen molar-refractivity contribution < 1.29 is 28.5 Å². The smallest absolute Gasteiger partial charge is 0.456 e. The van der Waals surface area contributed by atoms with Crippen molar-refractivity contribution in [2.24, 2.45) is 23.7 Å². The van der Waals surface area contributed by atoms with E-state index in [-0.39, 0.29) is 42.4 Å². The standard InChI is InChI=1S/C16H18O6/c1-5(2)15(17)20-9-4-8-10-6-3-7(11(10)14(9)19-8)13-12(6)21-16(18)22-13/h6-14H,1,3-4H2,2H3. The molecule has 6 nitrogen and oxygen atoms in total. The molecule has 9 unspecified atom stereocenters. The lowest BCUT2D eigenvalue weighted by atomic mass is 9.68. The largest absolute Gasteiger partial charge is 0.509 e. The van der Waals surface area contributed by atoms with Gasteiger partial charge in [0.15, 0.2) is 0 Å². The Kier molecular flexibility index (Phi) is 2.38. The third-order valence-corrected chi connectivity index (χ3v) is 6.19. The van der Waals surface area contributed by atoms with E-state index in [2.05, 4.69) is 6.58 Å². The van der Waals surface area contributed by atoms with E-state index in [9.17, 15) is 9.59 Å². The normalized spacial score (nSPS) is 53.0. The van der Waals surface area contributed by atoms with Crippen molar-refractivity contribution in [1.82, 2.24) is 0 Å². The molecule has 4 bridgehead atoms. The molecule has 5 aliphatic rings. The molecule has 3 heterocycles. The number of hydrogen-bond acceptors (Lipinski definition) is 6. The van der Waals surface area contributed by atoms with Crippen LogP contribution < -0.4 is 0 Å². The molecule has 3 aliphatic heterocycles. The number of rotatable bonds is 2. The second-order valence-electron chi connectivity index (χ2n) is 7.23. The maximum absolute atomic E-state index is 11.8. The Labute approximate surface area is 127 Å². The molecule has 0 radical (unpaired) electrons. The zero-order valence-corrected chi connectivity index (χ0v) is 12.3. The molecule has 5 fully saturated rings. The van der Waals surface area contributed by atoms with Gasteiger partial charge in [-0.1, -0.05) is 6.58 Å². The fraction of sp³-hybridized carbons (Fsp3) is 0.750. The monoisotopic (exact) mass is 306 g/mol. The summed E-state index contributed by atoms with van der Waals surface area (Å²) < 4.78 is 22.4. The SMILES string of the molecule is C=C(C)C(=O)OC1CC2OC1C1C3CC(C4OC(=O)OC34)C21. The van der Waals surface area contributed by atoms with E-state index < -0.39 is 6.16 Å². The number of fused-ring (bicyclic) bond motifs is 12. The molecule has 0 N–H and O–H groups in total. The number of carbonyl (C=O) groups is 2. The van der Waals surface area contributed by atoms with Crippen molar-refractivity contribution in [2.75, 3.05) is 0 Å². The molecule has 0 spiro atoms. The van der Waals surface area contributed by atoms with Gasteiger partial charge in [0.1, 0.15) is 18.3 Å². The summed E-state index contributed by atoms with van der Waals surface area (Å²) in [4.78, 5) is 23.2. The Morgan fingerprint density at radius 2 is 1.82 bits per heavy atom. The minimum absolute atomic E-state index is 0.0754. The van der Waals surface area contributed by atoms with Gasteiger partial charge in [-0.3, -0.25) is 0 Å².